The number of aromatic nitrogens is 1. The molecule has 2 aromatic heterocycles. The monoisotopic (exact) mass is 437 g/mol. The Kier molecular flexibility index (Phi) is 6.07. The summed E-state index contributed by atoms with van der Waals surface area (Å²) < 4.78 is 5.32. The Hall–Kier alpha value is -2.77. The van der Waals surface area contributed by atoms with Crippen LogP contribution in [0.4, 0.5) is 5.00 Å². The van der Waals surface area contributed by atoms with E-state index in [1.54, 1.807) is 19.1 Å². The summed E-state index contributed by atoms with van der Waals surface area (Å²) in [5.41, 5.74) is 3.70. The third-order valence-corrected chi connectivity index (χ3v) is 6.75. The summed E-state index contributed by atoms with van der Waals surface area (Å²) in [6, 6.07) is 9.83. The van der Waals surface area contributed by atoms with Gasteiger partial charge in [-0.25, -0.2) is 4.79 Å². The zero-order valence-electron chi connectivity index (χ0n) is 18.3. The van der Waals surface area contributed by atoms with Crippen molar-refractivity contribution in [2.45, 2.75) is 46.7 Å². The normalized spacial score (nSPS) is 14.0. The predicted molar refractivity (Wildman–Crippen MR) is 124 cm³/mol. The summed E-state index contributed by atoms with van der Waals surface area (Å²) in [4.78, 5) is 33.8. The molecule has 4 rings (SSSR count). The molecular formula is C24H27N3O3S. The van der Waals surface area contributed by atoms with Crippen molar-refractivity contribution in [3.8, 4) is 0 Å². The molecule has 0 radical (unpaired) electrons. The number of rotatable bonds is 5. The second kappa shape index (κ2) is 8.77. The zero-order valence-corrected chi connectivity index (χ0v) is 19.1. The van der Waals surface area contributed by atoms with Crippen LogP contribution in [0, 0.1) is 6.92 Å². The molecule has 1 N–H and O–H groups in total. The summed E-state index contributed by atoms with van der Waals surface area (Å²) in [5.74, 6) is -0.626. The van der Waals surface area contributed by atoms with Crippen LogP contribution in [0.5, 0.6) is 0 Å². The quantitative estimate of drug-likeness (QED) is 0.581. The van der Waals surface area contributed by atoms with Gasteiger partial charge in [-0.05, 0) is 57.9 Å². The van der Waals surface area contributed by atoms with E-state index in [0.717, 1.165) is 46.5 Å². The van der Waals surface area contributed by atoms with Gasteiger partial charge in [0.25, 0.3) is 5.91 Å². The molecule has 0 saturated carbocycles. The van der Waals surface area contributed by atoms with Crippen LogP contribution < -0.4 is 5.32 Å². The number of fused-ring (bicyclic) bond motifs is 2. The number of benzene rings is 1. The van der Waals surface area contributed by atoms with Crippen LogP contribution in [0.1, 0.15) is 57.6 Å². The number of hydrogen-bond acceptors (Lipinski definition) is 6. The number of aryl methyl sites for hydroxylation is 1. The average molecular weight is 438 g/mol. The van der Waals surface area contributed by atoms with Crippen molar-refractivity contribution >= 4 is 39.1 Å². The maximum atomic E-state index is 13.1. The molecular weight excluding hydrogens is 410 g/mol. The van der Waals surface area contributed by atoms with Gasteiger partial charge in [-0.1, -0.05) is 12.1 Å². The van der Waals surface area contributed by atoms with E-state index in [9.17, 15) is 9.59 Å². The van der Waals surface area contributed by atoms with Gasteiger partial charge in [-0.2, -0.15) is 0 Å². The Balaban J connectivity index is 1.67. The van der Waals surface area contributed by atoms with Crippen molar-refractivity contribution in [1.29, 1.82) is 0 Å². The number of hydrogen-bond donors (Lipinski definition) is 1. The Morgan fingerprint density at radius 2 is 2.03 bits per heavy atom. The number of pyridine rings is 1. The summed E-state index contributed by atoms with van der Waals surface area (Å²) in [6.07, 6.45) is 0.771. The van der Waals surface area contributed by atoms with Gasteiger partial charge in [-0.3, -0.25) is 14.7 Å². The van der Waals surface area contributed by atoms with Gasteiger partial charge in [0.05, 0.1) is 17.7 Å². The SMILES string of the molecule is CCOC(=O)c1c(NC(=O)c2ccc3ccc(C)nc3c2)sc2c1CCN(C(C)C)C2. The Bertz CT molecular complexity index is 1150. The fourth-order valence-electron chi connectivity index (χ4n) is 3.91. The average Bonchev–Trinajstić information content (AvgIpc) is 3.10. The van der Waals surface area contributed by atoms with E-state index in [1.165, 1.54) is 11.3 Å². The lowest BCUT2D eigenvalue weighted by atomic mass is 10.0. The van der Waals surface area contributed by atoms with Gasteiger partial charge in [0.1, 0.15) is 5.00 Å². The van der Waals surface area contributed by atoms with Crippen molar-refractivity contribution in [2.75, 3.05) is 18.5 Å². The van der Waals surface area contributed by atoms with Crippen LogP contribution in [0.3, 0.4) is 0 Å². The van der Waals surface area contributed by atoms with Crippen molar-refractivity contribution < 1.29 is 14.3 Å². The van der Waals surface area contributed by atoms with Crippen molar-refractivity contribution in [1.82, 2.24) is 9.88 Å². The molecule has 1 aromatic carbocycles. The second-order valence-corrected chi connectivity index (χ2v) is 9.16. The summed E-state index contributed by atoms with van der Waals surface area (Å²) in [5, 5.41) is 4.53. The maximum absolute atomic E-state index is 13.1. The molecule has 0 fully saturated rings. The smallest absolute Gasteiger partial charge is 0.341 e. The summed E-state index contributed by atoms with van der Waals surface area (Å²) in [6.45, 7) is 10.0. The third kappa shape index (κ3) is 4.34. The lowest BCUT2D eigenvalue weighted by molar-refractivity contribution is 0.0526. The minimum absolute atomic E-state index is 0.255. The molecule has 31 heavy (non-hydrogen) atoms. The number of nitrogens with zero attached hydrogens (tertiary/aromatic N) is 2. The molecule has 0 unspecified atom stereocenters. The molecule has 162 valence electrons. The third-order valence-electron chi connectivity index (χ3n) is 5.62. The van der Waals surface area contributed by atoms with Crippen LogP contribution >= 0.6 is 11.3 Å². The number of carbonyl (C=O) groups is 2. The number of anilines is 1. The highest BCUT2D eigenvalue weighted by molar-refractivity contribution is 7.17. The molecule has 0 atom stereocenters. The Morgan fingerprint density at radius 1 is 1.26 bits per heavy atom. The Morgan fingerprint density at radius 3 is 2.77 bits per heavy atom. The van der Waals surface area contributed by atoms with Crippen LogP contribution in [0.2, 0.25) is 0 Å². The van der Waals surface area contributed by atoms with E-state index in [0.29, 0.717) is 28.8 Å². The van der Waals surface area contributed by atoms with Gasteiger partial charge in [-0.15, -0.1) is 11.3 Å². The number of carbonyl (C=O) groups excluding carboxylic acids is 2. The van der Waals surface area contributed by atoms with Crippen LogP contribution in [-0.2, 0) is 17.7 Å². The minimum atomic E-state index is -0.371. The van der Waals surface area contributed by atoms with Crippen LogP contribution in [0.25, 0.3) is 10.9 Å². The van der Waals surface area contributed by atoms with Gasteiger partial charge >= 0.3 is 5.97 Å². The van der Waals surface area contributed by atoms with E-state index >= 15 is 0 Å². The summed E-state index contributed by atoms with van der Waals surface area (Å²) in [7, 11) is 0. The highest BCUT2D eigenvalue weighted by atomic mass is 32.1. The first-order valence-corrected chi connectivity index (χ1v) is 11.4. The molecule has 3 aromatic rings. The number of esters is 1. The molecule has 6 nitrogen and oxygen atoms in total. The molecule has 1 amide bonds. The lowest BCUT2D eigenvalue weighted by Crippen LogP contribution is -2.35. The zero-order chi connectivity index (χ0) is 22.1. The number of ether oxygens (including phenoxy) is 1. The molecule has 1 aliphatic heterocycles. The molecule has 7 heteroatoms. The van der Waals surface area contributed by atoms with Crippen molar-refractivity contribution in [2.24, 2.45) is 0 Å². The number of nitrogens with one attached hydrogen (secondary N) is 1. The van der Waals surface area contributed by atoms with E-state index < -0.39 is 0 Å². The second-order valence-electron chi connectivity index (χ2n) is 8.06. The van der Waals surface area contributed by atoms with Gasteiger partial charge in [0.2, 0.25) is 0 Å². The minimum Gasteiger partial charge on any atom is -0.462 e. The molecule has 0 aliphatic carbocycles. The van der Waals surface area contributed by atoms with E-state index in [-0.39, 0.29) is 11.9 Å². The molecule has 0 bridgehead atoms. The van der Waals surface area contributed by atoms with Gasteiger partial charge in [0, 0.05) is 40.7 Å². The molecule has 0 saturated heterocycles. The van der Waals surface area contributed by atoms with Gasteiger partial charge < -0.3 is 10.1 Å². The van der Waals surface area contributed by atoms with Crippen LogP contribution in [0.15, 0.2) is 30.3 Å². The predicted octanol–water partition coefficient (Wildman–Crippen LogP) is 4.80. The number of amides is 1. The Labute approximate surface area is 186 Å². The fraction of sp³-hybridized carbons (Fsp3) is 0.375. The maximum Gasteiger partial charge on any atom is 0.341 e. The molecule has 0 spiro atoms. The van der Waals surface area contributed by atoms with E-state index in [4.69, 9.17) is 4.74 Å². The first kappa shape index (κ1) is 21.5. The first-order chi connectivity index (χ1) is 14.9. The lowest BCUT2D eigenvalue weighted by Gasteiger charge is -2.30. The largest absolute Gasteiger partial charge is 0.462 e. The fourth-order valence-corrected chi connectivity index (χ4v) is 5.16. The number of thiophene rings is 1. The summed E-state index contributed by atoms with van der Waals surface area (Å²) >= 11 is 1.48. The topological polar surface area (TPSA) is 71.5 Å². The highest BCUT2D eigenvalue weighted by Gasteiger charge is 2.30. The van der Waals surface area contributed by atoms with Crippen molar-refractivity contribution in [3.05, 3.63) is 57.6 Å². The molecule has 1 aliphatic rings. The van der Waals surface area contributed by atoms with E-state index in [2.05, 4.69) is 29.0 Å². The highest BCUT2D eigenvalue weighted by Crippen LogP contribution is 2.38. The first-order valence-electron chi connectivity index (χ1n) is 10.6. The van der Waals surface area contributed by atoms with E-state index in [1.807, 2.05) is 25.1 Å². The standard InChI is InChI=1S/C24H27N3O3S/c1-5-30-24(29)21-18-10-11-27(14(2)3)13-20(18)31-23(21)26-22(28)17-9-8-16-7-6-15(4)25-19(16)12-17/h6-9,12,14H,5,10-11,13H2,1-4H3,(H,26,28). The van der Waals surface area contributed by atoms with Crippen molar-refractivity contribution in [3.63, 3.8) is 0 Å². The molecule has 3 heterocycles. The van der Waals surface area contributed by atoms with Crippen LogP contribution in [-0.4, -0.2) is 41.0 Å². The van der Waals surface area contributed by atoms with Gasteiger partial charge in [0.15, 0.2) is 0 Å².